The number of alkyl halides is 3. The average Bonchev–Trinajstić information content (AvgIpc) is 2.50. The number of hydrogen-bond donors (Lipinski definition) is 2. The number of nitrogens with zero attached hydrogens (tertiary/aromatic N) is 1. The first-order chi connectivity index (χ1) is 11.3. The summed E-state index contributed by atoms with van der Waals surface area (Å²) in [5, 5.41) is 13.5. The first-order valence-electron chi connectivity index (χ1n) is 8.35. The summed E-state index contributed by atoms with van der Waals surface area (Å²) in [5.74, 6) is -0.0738. The van der Waals surface area contributed by atoms with Gasteiger partial charge in [-0.1, -0.05) is 20.3 Å². The lowest BCUT2D eigenvalue weighted by atomic mass is 9.88. The second-order valence-corrected chi connectivity index (χ2v) is 6.27. The van der Waals surface area contributed by atoms with Crippen LogP contribution in [-0.2, 0) is 0 Å². The Balaban J connectivity index is 0.00000312. The van der Waals surface area contributed by atoms with Crippen LogP contribution in [-0.4, -0.2) is 42.5 Å². The number of piperazine rings is 1. The van der Waals surface area contributed by atoms with Gasteiger partial charge in [-0.05, 0) is 30.5 Å². The van der Waals surface area contributed by atoms with Crippen LogP contribution >= 0.6 is 12.4 Å². The van der Waals surface area contributed by atoms with Gasteiger partial charge in [0.05, 0.1) is 0 Å². The third-order valence-electron chi connectivity index (χ3n) is 4.38. The monoisotopic (exact) mass is 382 g/mol. The Morgan fingerprint density at radius 1 is 1.28 bits per heavy atom. The highest BCUT2D eigenvalue weighted by Gasteiger charge is 2.33. The fourth-order valence-electron chi connectivity index (χ4n) is 3.40. The standard InChI is InChI=1S/C17H25F3N2O2.ClH/c1-3-4-12(2)16(22-9-7-21-8-10-22)14-11-13(5-6-15(14)23)24-17(18,19)20;/h5-6,11-12,16,21,23H,3-4,7-10H2,1-2H3;1H/t12?,16-;/m0./s1. The van der Waals surface area contributed by atoms with Crippen molar-refractivity contribution in [2.24, 2.45) is 5.92 Å². The first kappa shape index (κ1) is 21.9. The van der Waals surface area contributed by atoms with Crippen molar-refractivity contribution in [3.8, 4) is 11.5 Å². The largest absolute Gasteiger partial charge is 0.573 e. The number of hydrogen-bond acceptors (Lipinski definition) is 4. The maximum Gasteiger partial charge on any atom is 0.573 e. The van der Waals surface area contributed by atoms with Crippen LogP contribution in [0.4, 0.5) is 13.2 Å². The van der Waals surface area contributed by atoms with Gasteiger partial charge in [0.25, 0.3) is 0 Å². The summed E-state index contributed by atoms with van der Waals surface area (Å²) in [6.07, 6.45) is -2.84. The SMILES string of the molecule is CCCC(C)[C@@H](c1cc(OC(F)(F)F)ccc1O)N1CCNCC1.Cl. The van der Waals surface area contributed by atoms with Gasteiger partial charge in [0, 0.05) is 37.8 Å². The van der Waals surface area contributed by atoms with E-state index in [0.717, 1.165) is 45.1 Å². The molecule has 0 amide bonds. The molecule has 1 heterocycles. The van der Waals surface area contributed by atoms with Crippen molar-refractivity contribution in [2.45, 2.75) is 39.1 Å². The maximum atomic E-state index is 12.5. The van der Waals surface area contributed by atoms with E-state index in [1.165, 1.54) is 12.1 Å². The number of phenols is 1. The van der Waals surface area contributed by atoms with E-state index in [1.54, 1.807) is 0 Å². The Kier molecular flexibility index (Phi) is 8.31. The molecule has 1 aromatic rings. The van der Waals surface area contributed by atoms with Gasteiger partial charge in [0.2, 0.25) is 0 Å². The van der Waals surface area contributed by atoms with Crippen molar-refractivity contribution in [2.75, 3.05) is 26.2 Å². The minimum atomic E-state index is -4.74. The highest BCUT2D eigenvalue weighted by atomic mass is 35.5. The maximum absolute atomic E-state index is 12.5. The van der Waals surface area contributed by atoms with E-state index in [4.69, 9.17) is 0 Å². The molecule has 144 valence electrons. The molecule has 2 N–H and O–H groups in total. The minimum absolute atomic E-state index is 0. The van der Waals surface area contributed by atoms with Gasteiger partial charge in [-0.25, -0.2) is 0 Å². The molecule has 0 radical (unpaired) electrons. The predicted octanol–water partition coefficient (Wildman–Crippen LogP) is 4.10. The molecule has 0 bridgehead atoms. The van der Waals surface area contributed by atoms with Gasteiger partial charge in [0.1, 0.15) is 11.5 Å². The molecule has 1 aliphatic heterocycles. The molecule has 2 atom stereocenters. The van der Waals surface area contributed by atoms with Crippen molar-refractivity contribution >= 4 is 12.4 Å². The molecule has 1 unspecified atom stereocenters. The Morgan fingerprint density at radius 2 is 1.92 bits per heavy atom. The van der Waals surface area contributed by atoms with Crippen LogP contribution in [0.2, 0.25) is 0 Å². The number of rotatable bonds is 6. The Morgan fingerprint density at radius 3 is 2.48 bits per heavy atom. The highest BCUT2D eigenvalue weighted by Crippen LogP contribution is 2.39. The second kappa shape index (κ2) is 9.50. The molecular formula is C17H26ClF3N2O2. The molecule has 25 heavy (non-hydrogen) atoms. The van der Waals surface area contributed by atoms with Crippen LogP contribution in [0.15, 0.2) is 18.2 Å². The smallest absolute Gasteiger partial charge is 0.508 e. The Bertz CT molecular complexity index is 537. The topological polar surface area (TPSA) is 44.7 Å². The van der Waals surface area contributed by atoms with Crippen LogP contribution < -0.4 is 10.1 Å². The Labute approximate surface area is 152 Å². The van der Waals surface area contributed by atoms with Crippen molar-refractivity contribution in [1.29, 1.82) is 0 Å². The van der Waals surface area contributed by atoms with Gasteiger partial charge in [-0.3, -0.25) is 4.90 Å². The zero-order chi connectivity index (χ0) is 17.7. The number of aromatic hydroxyl groups is 1. The van der Waals surface area contributed by atoms with E-state index in [2.05, 4.69) is 28.8 Å². The summed E-state index contributed by atoms with van der Waals surface area (Å²) in [7, 11) is 0. The van der Waals surface area contributed by atoms with E-state index in [1.807, 2.05) is 0 Å². The van der Waals surface area contributed by atoms with Crippen molar-refractivity contribution in [3.05, 3.63) is 23.8 Å². The van der Waals surface area contributed by atoms with Crippen LogP contribution in [0, 0.1) is 5.92 Å². The van der Waals surface area contributed by atoms with Gasteiger partial charge in [0.15, 0.2) is 0 Å². The van der Waals surface area contributed by atoms with Gasteiger partial charge in [-0.2, -0.15) is 0 Å². The summed E-state index contributed by atoms with van der Waals surface area (Å²) in [6, 6.07) is 3.61. The fourth-order valence-corrected chi connectivity index (χ4v) is 3.40. The van der Waals surface area contributed by atoms with Crippen molar-refractivity contribution < 1.29 is 23.0 Å². The van der Waals surface area contributed by atoms with E-state index in [0.29, 0.717) is 5.56 Å². The van der Waals surface area contributed by atoms with Crippen LogP contribution in [0.1, 0.15) is 38.3 Å². The van der Waals surface area contributed by atoms with Crippen LogP contribution in [0.3, 0.4) is 0 Å². The zero-order valence-electron chi connectivity index (χ0n) is 14.5. The lowest BCUT2D eigenvalue weighted by Gasteiger charge is -2.39. The molecule has 8 heteroatoms. The number of nitrogens with one attached hydrogen (secondary N) is 1. The third kappa shape index (κ3) is 6.24. The van der Waals surface area contributed by atoms with Crippen LogP contribution in [0.5, 0.6) is 11.5 Å². The lowest BCUT2D eigenvalue weighted by Crippen LogP contribution is -2.46. The zero-order valence-corrected chi connectivity index (χ0v) is 15.3. The van der Waals surface area contributed by atoms with Gasteiger partial charge >= 0.3 is 6.36 Å². The predicted molar refractivity (Wildman–Crippen MR) is 93.3 cm³/mol. The summed E-state index contributed by atoms with van der Waals surface area (Å²) in [5.41, 5.74) is 0.500. The molecule has 1 saturated heterocycles. The van der Waals surface area contributed by atoms with Gasteiger partial charge < -0.3 is 15.2 Å². The molecule has 1 aliphatic rings. The van der Waals surface area contributed by atoms with E-state index < -0.39 is 6.36 Å². The van der Waals surface area contributed by atoms with Gasteiger partial charge in [-0.15, -0.1) is 25.6 Å². The molecule has 4 nitrogen and oxygen atoms in total. The van der Waals surface area contributed by atoms with E-state index >= 15 is 0 Å². The molecule has 1 fully saturated rings. The minimum Gasteiger partial charge on any atom is -0.508 e. The summed E-state index contributed by atoms with van der Waals surface area (Å²) in [6.45, 7) is 7.40. The number of phenolic OH excluding ortho intramolecular Hbond substituents is 1. The number of benzene rings is 1. The number of ether oxygens (including phenoxy) is 1. The quantitative estimate of drug-likeness (QED) is 0.777. The summed E-state index contributed by atoms with van der Waals surface area (Å²) < 4.78 is 41.5. The summed E-state index contributed by atoms with van der Waals surface area (Å²) in [4.78, 5) is 2.23. The molecule has 0 aromatic heterocycles. The van der Waals surface area contributed by atoms with Crippen molar-refractivity contribution in [3.63, 3.8) is 0 Å². The molecule has 0 spiro atoms. The third-order valence-corrected chi connectivity index (χ3v) is 4.38. The molecule has 0 aliphatic carbocycles. The molecule has 0 saturated carbocycles. The molecular weight excluding hydrogens is 357 g/mol. The lowest BCUT2D eigenvalue weighted by molar-refractivity contribution is -0.274. The fraction of sp³-hybridized carbons (Fsp3) is 0.647. The highest BCUT2D eigenvalue weighted by molar-refractivity contribution is 5.85. The average molecular weight is 383 g/mol. The normalized spacial score (nSPS) is 18.3. The first-order valence-corrected chi connectivity index (χ1v) is 8.35. The number of halogens is 4. The van der Waals surface area contributed by atoms with Crippen LogP contribution in [0.25, 0.3) is 0 Å². The molecule has 2 rings (SSSR count). The second-order valence-electron chi connectivity index (χ2n) is 6.27. The van der Waals surface area contributed by atoms with E-state index in [-0.39, 0.29) is 35.9 Å². The van der Waals surface area contributed by atoms with Crippen molar-refractivity contribution in [1.82, 2.24) is 10.2 Å². The molecule has 1 aromatic carbocycles. The summed E-state index contributed by atoms with van der Waals surface area (Å²) >= 11 is 0. The van der Waals surface area contributed by atoms with E-state index in [9.17, 15) is 18.3 Å². The Hall–Kier alpha value is -1.18.